The van der Waals surface area contributed by atoms with Crippen LogP contribution in [0.1, 0.15) is 132 Å². The van der Waals surface area contributed by atoms with Crippen LogP contribution in [0.3, 0.4) is 0 Å². The molecule has 2 N–H and O–H groups in total. The molecule has 0 aromatic carbocycles. The summed E-state index contributed by atoms with van der Waals surface area (Å²) in [5.74, 6) is -7.81. The monoisotopic (exact) mass is 986 g/mol. The third-order valence-electron chi connectivity index (χ3n) is 15.3. The zero-order chi connectivity index (χ0) is 51.7. The van der Waals surface area contributed by atoms with Crippen molar-refractivity contribution in [1.82, 2.24) is 4.90 Å². The number of allylic oxidation sites excluding steroid dienone is 6. The topological polar surface area (TPSA) is 194 Å². The number of carbonyl (C=O) groups is 5. The molecule has 3 fully saturated rings. The van der Waals surface area contributed by atoms with Gasteiger partial charge in [-0.2, -0.15) is 0 Å². The standard InChI is InChI=1S/C55H87NO14/c1-34-18-13-12-14-19-35(2)46(65-9)32-42-23-21-40(7)55(63,70-42)52(60)53(61)56-25-16-15-20-43(56)54(62)69-47(37(4)30-41-22-24-45(48(31-41)66-10)68-27-17-26-64-8)33-44(57)36(3)29-39(6)50(59)51(67-11)49(58)38(5)28-34/h12-14,18-19,29,34,36-38,40-43,45-48,50-51,59,63H,15-17,20-28,30-33H2,1-11H3/b14-12+,18-13+,35-19+,39-29+/t34-,36-,37-,38-,40-,41+,42+,43+,45-,46+,47+,48-,50-,51+,55-/m1/s1. The van der Waals surface area contributed by atoms with Gasteiger partial charge < -0.3 is 48.3 Å². The third-order valence-corrected chi connectivity index (χ3v) is 15.3. The maximum absolute atomic E-state index is 14.5. The third kappa shape index (κ3) is 16.3. The molecular formula is C55H87NO14. The van der Waals surface area contributed by atoms with E-state index in [9.17, 15) is 34.2 Å². The Morgan fingerprint density at radius 1 is 0.829 bits per heavy atom. The van der Waals surface area contributed by atoms with Crippen molar-refractivity contribution in [1.29, 1.82) is 0 Å². The highest BCUT2D eigenvalue weighted by molar-refractivity contribution is 6.39. The average Bonchev–Trinajstić information content (AvgIpc) is 3.34. The van der Waals surface area contributed by atoms with E-state index in [1.54, 1.807) is 48.2 Å². The first kappa shape index (κ1) is 59.2. The number of hydrogen-bond donors (Lipinski definition) is 2. The van der Waals surface area contributed by atoms with Crippen LogP contribution in [0, 0.1) is 35.5 Å². The summed E-state index contributed by atoms with van der Waals surface area (Å²) in [5, 5.41) is 23.5. The lowest BCUT2D eigenvalue weighted by molar-refractivity contribution is -0.265. The number of ether oxygens (including phenoxy) is 7. The number of cyclic esters (lactones) is 1. The number of piperidine rings is 1. The highest BCUT2D eigenvalue weighted by atomic mass is 16.6. The van der Waals surface area contributed by atoms with E-state index in [0.29, 0.717) is 70.2 Å². The SMILES string of the molecule is COCCCO[C@@H]1CC[C@@H](C[C@@H](C)[C@@H]2CC(=O)[C@H](C)/C=C(\C)[C@@H](O)[C@@H](OC)C(=O)[C@H](C)C[C@H](C)/C=C/C=C/C=C(\C)[C@@H](OC)C[C@@H]3CC[C@@H](C)[C@@](O)(O3)C(=O)C(=O)N3CCCC[C@H]3C(=O)O2)C[C@H]1OC. The molecule has 0 unspecified atom stereocenters. The molecule has 15 heteroatoms. The summed E-state index contributed by atoms with van der Waals surface area (Å²) in [6.07, 6.45) is 13.3. The van der Waals surface area contributed by atoms with Gasteiger partial charge in [-0.25, -0.2) is 4.79 Å². The Labute approximate surface area is 418 Å². The van der Waals surface area contributed by atoms with Gasteiger partial charge in [0.1, 0.15) is 30.1 Å². The van der Waals surface area contributed by atoms with Crippen molar-refractivity contribution in [3.63, 3.8) is 0 Å². The molecular weight excluding hydrogens is 899 g/mol. The lowest BCUT2D eigenvalue weighted by atomic mass is 9.78. The largest absolute Gasteiger partial charge is 0.460 e. The van der Waals surface area contributed by atoms with Crippen LogP contribution in [0.4, 0.5) is 0 Å². The van der Waals surface area contributed by atoms with Crippen LogP contribution in [0.15, 0.2) is 47.6 Å². The number of esters is 1. The molecule has 15 nitrogen and oxygen atoms in total. The zero-order valence-corrected chi connectivity index (χ0v) is 44.1. The second kappa shape index (κ2) is 28.7. The van der Waals surface area contributed by atoms with Crippen molar-refractivity contribution in [3.8, 4) is 0 Å². The van der Waals surface area contributed by atoms with Gasteiger partial charge >= 0.3 is 5.97 Å². The predicted molar refractivity (Wildman–Crippen MR) is 265 cm³/mol. The van der Waals surface area contributed by atoms with Crippen LogP contribution in [0.5, 0.6) is 0 Å². The van der Waals surface area contributed by atoms with Gasteiger partial charge in [-0.05, 0) is 113 Å². The average molecular weight is 986 g/mol. The van der Waals surface area contributed by atoms with E-state index in [4.69, 9.17) is 33.2 Å². The number of aliphatic hydroxyl groups excluding tert-OH is 1. The van der Waals surface area contributed by atoms with E-state index in [1.807, 2.05) is 58.1 Å². The molecule has 15 atom stereocenters. The fraction of sp³-hybridized carbons (Fsp3) is 0.764. The van der Waals surface area contributed by atoms with Gasteiger partial charge in [0.05, 0.1) is 24.4 Å². The highest BCUT2D eigenvalue weighted by Gasteiger charge is 2.53. The van der Waals surface area contributed by atoms with Gasteiger partial charge in [0.15, 0.2) is 5.78 Å². The molecule has 4 rings (SSSR count). The van der Waals surface area contributed by atoms with Gasteiger partial charge in [0.2, 0.25) is 5.79 Å². The molecule has 0 aromatic rings. The normalized spacial score (nSPS) is 38.4. The van der Waals surface area contributed by atoms with Gasteiger partial charge in [0, 0.05) is 78.8 Å². The fourth-order valence-electron chi connectivity index (χ4n) is 10.7. The van der Waals surface area contributed by atoms with Crippen molar-refractivity contribution in [3.05, 3.63) is 47.6 Å². The van der Waals surface area contributed by atoms with Crippen LogP contribution in [-0.4, -0.2) is 147 Å². The summed E-state index contributed by atoms with van der Waals surface area (Å²) in [5.41, 5.74) is 1.28. The Hall–Kier alpha value is -3.41. The van der Waals surface area contributed by atoms with Crippen LogP contribution in [0.25, 0.3) is 0 Å². The zero-order valence-electron chi connectivity index (χ0n) is 44.1. The number of Topliss-reactive ketones (excluding diaryl/α,β-unsaturated/α-hetero) is 3. The summed E-state index contributed by atoms with van der Waals surface area (Å²) in [4.78, 5) is 72.4. The molecule has 396 valence electrons. The van der Waals surface area contributed by atoms with Crippen molar-refractivity contribution in [2.24, 2.45) is 35.5 Å². The number of ketones is 3. The number of methoxy groups -OCH3 is 4. The quantitative estimate of drug-likeness (QED) is 0.0911. The number of aliphatic hydroxyl groups is 2. The lowest BCUT2D eigenvalue weighted by Crippen LogP contribution is -2.61. The summed E-state index contributed by atoms with van der Waals surface area (Å²) in [6.45, 7) is 14.0. The Bertz CT molecular complexity index is 1840. The predicted octanol–water partition coefficient (Wildman–Crippen LogP) is 7.24. The second-order valence-electron chi connectivity index (χ2n) is 20.8. The first-order valence-electron chi connectivity index (χ1n) is 25.9. The molecule has 1 aliphatic carbocycles. The van der Waals surface area contributed by atoms with E-state index in [2.05, 4.69) is 0 Å². The Kier molecular flexibility index (Phi) is 24.3. The van der Waals surface area contributed by atoms with Crippen LogP contribution < -0.4 is 0 Å². The summed E-state index contributed by atoms with van der Waals surface area (Å²) in [7, 11) is 6.31. The summed E-state index contributed by atoms with van der Waals surface area (Å²) < 4.78 is 41.3. The van der Waals surface area contributed by atoms with E-state index < -0.39 is 77.8 Å². The molecule has 3 aliphatic heterocycles. The van der Waals surface area contributed by atoms with Gasteiger partial charge in [-0.3, -0.25) is 19.2 Å². The van der Waals surface area contributed by atoms with E-state index in [-0.39, 0.29) is 60.9 Å². The van der Waals surface area contributed by atoms with E-state index >= 15 is 0 Å². The van der Waals surface area contributed by atoms with Crippen molar-refractivity contribution in [2.45, 2.75) is 186 Å². The van der Waals surface area contributed by atoms with Gasteiger partial charge in [-0.15, -0.1) is 0 Å². The molecule has 0 spiro atoms. The minimum atomic E-state index is -2.43. The molecule has 70 heavy (non-hydrogen) atoms. The number of carbonyl (C=O) groups excluding carboxylic acids is 5. The molecule has 3 heterocycles. The maximum Gasteiger partial charge on any atom is 0.329 e. The van der Waals surface area contributed by atoms with Crippen LogP contribution in [-0.2, 0) is 57.1 Å². The number of hydrogen-bond acceptors (Lipinski definition) is 14. The molecule has 0 aromatic heterocycles. The molecule has 2 bridgehead atoms. The fourth-order valence-corrected chi connectivity index (χ4v) is 10.7. The van der Waals surface area contributed by atoms with E-state index in [0.717, 1.165) is 24.8 Å². The maximum atomic E-state index is 14.5. The van der Waals surface area contributed by atoms with Gasteiger partial charge in [-0.1, -0.05) is 71.1 Å². The molecule has 2 saturated heterocycles. The van der Waals surface area contributed by atoms with Gasteiger partial charge in [0.25, 0.3) is 11.7 Å². The molecule has 4 aliphatic rings. The summed E-state index contributed by atoms with van der Waals surface area (Å²) in [6, 6.07) is -1.13. The lowest BCUT2D eigenvalue weighted by Gasteiger charge is -2.42. The van der Waals surface area contributed by atoms with Crippen molar-refractivity contribution in [2.75, 3.05) is 48.2 Å². The molecule has 1 saturated carbocycles. The Morgan fingerprint density at radius 3 is 2.26 bits per heavy atom. The molecule has 0 radical (unpaired) electrons. The first-order chi connectivity index (χ1) is 33.3. The number of nitrogens with zero attached hydrogens (tertiary/aromatic N) is 1. The number of rotatable bonds is 11. The molecule has 1 amide bonds. The first-order valence-corrected chi connectivity index (χ1v) is 25.9. The van der Waals surface area contributed by atoms with Crippen molar-refractivity contribution < 1.29 is 67.3 Å². The van der Waals surface area contributed by atoms with Crippen molar-refractivity contribution >= 4 is 29.2 Å². The highest BCUT2D eigenvalue weighted by Crippen LogP contribution is 2.38. The van der Waals surface area contributed by atoms with E-state index in [1.165, 1.54) is 12.0 Å². The number of fused-ring (bicyclic) bond motifs is 3. The smallest absolute Gasteiger partial charge is 0.329 e. The van der Waals surface area contributed by atoms with Crippen LogP contribution in [0.2, 0.25) is 0 Å². The van der Waals surface area contributed by atoms with Crippen LogP contribution >= 0.6 is 0 Å². The Morgan fingerprint density at radius 2 is 1.57 bits per heavy atom. The number of amides is 1. The second-order valence-corrected chi connectivity index (χ2v) is 20.8. The summed E-state index contributed by atoms with van der Waals surface area (Å²) >= 11 is 0. The Balaban J connectivity index is 1.68. The minimum absolute atomic E-state index is 0.0198. The minimum Gasteiger partial charge on any atom is -0.460 e.